The number of phenolic OH excluding ortho intramolecular Hbond substituents is 1. The summed E-state index contributed by atoms with van der Waals surface area (Å²) in [7, 11) is 1.48. The van der Waals surface area contributed by atoms with Crippen LogP contribution >= 0.6 is 11.6 Å². The average molecular weight is 498 g/mol. The third kappa shape index (κ3) is 4.67. The Morgan fingerprint density at radius 3 is 2.51 bits per heavy atom. The van der Waals surface area contributed by atoms with Gasteiger partial charge in [0.15, 0.2) is 11.5 Å². The van der Waals surface area contributed by atoms with Crippen LogP contribution in [0.3, 0.4) is 0 Å². The number of aromatic hydroxyl groups is 1. The van der Waals surface area contributed by atoms with E-state index in [2.05, 4.69) is 4.98 Å². The lowest BCUT2D eigenvalue weighted by atomic mass is 10.0. The number of fused-ring (bicyclic) bond motifs is 1. The van der Waals surface area contributed by atoms with Gasteiger partial charge >= 0.3 is 11.7 Å². The molecular formula is C25H24ClN3O6. The number of aromatic nitrogens is 3. The number of rotatable bonds is 7. The lowest BCUT2D eigenvalue weighted by Crippen LogP contribution is -2.36. The summed E-state index contributed by atoms with van der Waals surface area (Å²) in [4.78, 5) is 40.3. The van der Waals surface area contributed by atoms with Gasteiger partial charge in [0, 0.05) is 17.8 Å². The zero-order valence-corrected chi connectivity index (χ0v) is 20.1. The van der Waals surface area contributed by atoms with Crippen molar-refractivity contribution in [1.29, 1.82) is 0 Å². The molecule has 0 aliphatic heterocycles. The number of halogens is 1. The average Bonchev–Trinajstić information content (AvgIpc) is 3.14. The molecule has 4 rings (SSSR count). The quantitative estimate of drug-likeness (QED) is 0.375. The molecule has 0 radical (unpaired) electrons. The molecule has 0 spiro atoms. The topological polar surface area (TPSA) is 116 Å². The Kier molecular flexibility index (Phi) is 6.70. The molecule has 182 valence electrons. The highest BCUT2D eigenvalue weighted by molar-refractivity contribution is 6.31. The van der Waals surface area contributed by atoms with Gasteiger partial charge in [0.1, 0.15) is 10.7 Å². The van der Waals surface area contributed by atoms with E-state index in [0.29, 0.717) is 17.0 Å². The van der Waals surface area contributed by atoms with E-state index in [1.807, 2.05) is 0 Å². The van der Waals surface area contributed by atoms with Gasteiger partial charge in [0.05, 0.1) is 25.2 Å². The normalized spacial score (nSPS) is 11.2. The lowest BCUT2D eigenvalue weighted by Gasteiger charge is -2.12. The third-order valence-corrected chi connectivity index (χ3v) is 5.73. The molecule has 0 aliphatic rings. The molecule has 4 aromatic rings. The number of ether oxygens (including phenoxy) is 2. The summed E-state index contributed by atoms with van der Waals surface area (Å²) in [6, 6.07) is 13.7. The minimum atomic E-state index is -0.641. The standard InChI is InChI=1S/C25H24ClN3O6/c1-14(2)35-21(30)11-12-28-24(32)22-18(27-25(28)33)13-20(26)29(22)16-9-7-15(8-10-16)17-5-4-6-19(34-3)23(17)31/h4-10,13-14,31H,11-12H2,1-3H3,(H,27,33). The fourth-order valence-corrected chi connectivity index (χ4v) is 4.17. The van der Waals surface area contributed by atoms with Crippen molar-refractivity contribution in [3.8, 4) is 28.3 Å². The van der Waals surface area contributed by atoms with Crippen LogP contribution in [-0.4, -0.2) is 38.4 Å². The molecule has 9 nitrogen and oxygen atoms in total. The Labute approximate surface area is 205 Å². The lowest BCUT2D eigenvalue weighted by molar-refractivity contribution is -0.147. The van der Waals surface area contributed by atoms with Crippen molar-refractivity contribution >= 4 is 28.6 Å². The first-order valence-electron chi connectivity index (χ1n) is 10.9. The summed E-state index contributed by atoms with van der Waals surface area (Å²) in [5, 5.41) is 10.7. The molecule has 0 fully saturated rings. The van der Waals surface area contributed by atoms with Gasteiger partial charge in [-0.2, -0.15) is 0 Å². The van der Waals surface area contributed by atoms with Crippen LogP contribution in [0.25, 0.3) is 27.8 Å². The van der Waals surface area contributed by atoms with E-state index in [1.165, 1.54) is 17.7 Å². The highest BCUT2D eigenvalue weighted by Crippen LogP contribution is 2.37. The molecule has 2 heterocycles. The Bertz CT molecular complexity index is 1520. The molecule has 2 N–H and O–H groups in total. The molecular weight excluding hydrogens is 474 g/mol. The summed E-state index contributed by atoms with van der Waals surface area (Å²) >= 11 is 6.45. The molecule has 0 saturated heterocycles. The number of aromatic amines is 1. The van der Waals surface area contributed by atoms with E-state index in [1.54, 1.807) is 56.3 Å². The maximum absolute atomic E-state index is 13.3. The number of nitrogens with one attached hydrogen (secondary N) is 1. The van der Waals surface area contributed by atoms with E-state index in [0.717, 1.165) is 10.1 Å². The van der Waals surface area contributed by atoms with Crippen molar-refractivity contribution in [1.82, 2.24) is 14.1 Å². The third-order valence-electron chi connectivity index (χ3n) is 5.45. The Hall–Kier alpha value is -3.98. The Balaban J connectivity index is 1.74. The van der Waals surface area contributed by atoms with Crippen LogP contribution < -0.4 is 16.0 Å². The number of methoxy groups -OCH3 is 1. The number of esters is 1. The van der Waals surface area contributed by atoms with Crippen LogP contribution in [0.5, 0.6) is 11.5 Å². The summed E-state index contributed by atoms with van der Waals surface area (Å²) in [5.41, 5.74) is 1.11. The maximum atomic E-state index is 13.3. The molecule has 0 atom stereocenters. The summed E-state index contributed by atoms with van der Waals surface area (Å²) < 4.78 is 12.7. The number of phenols is 1. The SMILES string of the molecule is COc1cccc(-c2ccc(-n3c(Cl)cc4[nH]c(=O)n(CCC(=O)OC(C)C)c(=O)c43)cc2)c1O. The molecule has 0 unspecified atom stereocenters. The van der Waals surface area contributed by atoms with Gasteiger partial charge in [0.25, 0.3) is 5.56 Å². The van der Waals surface area contributed by atoms with Crippen LogP contribution in [0.15, 0.2) is 58.1 Å². The second-order valence-corrected chi connectivity index (χ2v) is 8.53. The first-order chi connectivity index (χ1) is 16.7. The minimum absolute atomic E-state index is 0.0173. The molecule has 35 heavy (non-hydrogen) atoms. The number of hydrogen-bond donors (Lipinski definition) is 2. The van der Waals surface area contributed by atoms with Crippen LogP contribution in [0.1, 0.15) is 20.3 Å². The molecule has 2 aromatic carbocycles. The molecule has 0 aliphatic carbocycles. The zero-order chi connectivity index (χ0) is 25.3. The Morgan fingerprint density at radius 1 is 1.14 bits per heavy atom. The van der Waals surface area contributed by atoms with Gasteiger partial charge in [0.2, 0.25) is 0 Å². The van der Waals surface area contributed by atoms with Crippen LogP contribution in [-0.2, 0) is 16.1 Å². The first-order valence-corrected chi connectivity index (χ1v) is 11.3. The van der Waals surface area contributed by atoms with Crippen molar-refractivity contribution in [3.63, 3.8) is 0 Å². The van der Waals surface area contributed by atoms with Gasteiger partial charge in [-0.3, -0.25) is 18.7 Å². The molecule has 0 amide bonds. The van der Waals surface area contributed by atoms with Gasteiger partial charge < -0.3 is 19.6 Å². The fraction of sp³-hybridized carbons (Fsp3) is 0.240. The highest BCUT2D eigenvalue weighted by atomic mass is 35.5. The fourth-order valence-electron chi connectivity index (χ4n) is 3.88. The molecule has 2 aromatic heterocycles. The molecule has 0 bridgehead atoms. The van der Waals surface area contributed by atoms with Crippen LogP contribution in [0, 0.1) is 0 Å². The van der Waals surface area contributed by atoms with E-state index in [9.17, 15) is 19.5 Å². The zero-order valence-electron chi connectivity index (χ0n) is 19.4. The largest absolute Gasteiger partial charge is 0.504 e. The number of carbonyl (C=O) groups excluding carboxylic acids is 1. The number of para-hydroxylation sites is 1. The van der Waals surface area contributed by atoms with E-state index >= 15 is 0 Å². The predicted molar refractivity (Wildman–Crippen MR) is 133 cm³/mol. The van der Waals surface area contributed by atoms with E-state index < -0.39 is 17.2 Å². The number of benzene rings is 2. The summed E-state index contributed by atoms with van der Waals surface area (Å²) in [6.45, 7) is 3.31. The first kappa shape index (κ1) is 24.2. The van der Waals surface area contributed by atoms with Gasteiger partial charge in [-0.05, 0) is 43.7 Å². The van der Waals surface area contributed by atoms with Crippen LogP contribution in [0.2, 0.25) is 5.15 Å². The van der Waals surface area contributed by atoms with Gasteiger partial charge in [-0.1, -0.05) is 35.9 Å². The van der Waals surface area contributed by atoms with Crippen LogP contribution in [0.4, 0.5) is 0 Å². The minimum Gasteiger partial charge on any atom is -0.504 e. The monoisotopic (exact) mass is 497 g/mol. The van der Waals surface area contributed by atoms with E-state index in [-0.39, 0.29) is 41.0 Å². The van der Waals surface area contributed by atoms with Crippen molar-refractivity contribution in [2.45, 2.75) is 32.9 Å². The number of carbonyl (C=O) groups is 1. The number of hydrogen-bond acceptors (Lipinski definition) is 6. The molecule has 10 heteroatoms. The second-order valence-electron chi connectivity index (χ2n) is 8.14. The number of H-pyrrole nitrogens is 1. The summed E-state index contributed by atoms with van der Waals surface area (Å²) in [6.07, 6.45) is -0.419. The summed E-state index contributed by atoms with van der Waals surface area (Å²) in [5.74, 6) is -0.132. The smallest absolute Gasteiger partial charge is 0.328 e. The highest BCUT2D eigenvalue weighted by Gasteiger charge is 2.18. The van der Waals surface area contributed by atoms with Gasteiger partial charge in [-0.25, -0.2) is 4.79 Å². The van der Waals surface area contributed by atoms with E-state index in [4.69, 9.17) is 21.1 Å². The van der Waals surface area contributed by atoms with Crippen molar-refractivity contribution in [3.05, 3.63) is 74.5 Å². The van der Waals surface area contributed by atoms with Crippen molar-refractivity contribution in [2.75, 3.05) is 7.11 Å². The van der Waals surface area contributed by atoms with Gasteiger partial charge in [-0.15, -0.1) is 0 Å². The maximum Gasteiger partial charge on any atom is 0.328 e. The van der Waals surface area contributed by atoms with Crippen molar-refractivity contribution in [2.24, 2.45) is 0 Å². The second kappa shape index (κ2) is 9.71. The Morgan fingerprint density at radius 2 is 1.86 bits per heavy atom. The number of nitrogens with zero attached hydrogens (tertiary/aromatic N) is 2. The van der Waals surface area contributed by atoms with Crippen molar-refractivity contribution < 1.29 is 19.4 Å². The predicted octanol–water partition coefficient (Wildman–Crippen LogP) is 3.86. The molecule has 0 saturated carbocycles.